The molecule has 4 aliphatic rings. The van der Waals surface area contributed by atoms with Crippen molar-refractivity contribution in [2.45, 2.75) is 63.1 Å². The Bertz CT molecular complexity index is 1130. The Morgan fingerprint density at radius 2 is 1.51 bits per heavy atom. The quantitative estimate of drug-likeness (QED) is 0.566. The van der Waals surface area contributed by atoms with Crippen LogP contribution < -0.4 is 10.6 Å². The van der Waals surface area contributed by atoms with Crippen molar-refractivity contribution in [1.29, 1.82) is 0 Å². The molecule has 8 heteroatoms. The fraction of sp³-hybridized carbons (Fsp3) is 0.444. The summed E-state index contributed by atoms with van der Waals surface area (Å²) in [6.45, 7) is 5.47. The minimum absolute atomic E-state index is 0.104. The van der Waals surface area contributed by atoms with Crippen molar-refractivity contribution < 1.29 is 29.0 Å². The molecule has 2 aromatic rings. The molecule has 6 rings (SSSR count). The Kier molecular flexibility index (Phi) is 5.30. The predicted molar refractivity (Wildman–Crippen MR) is 128 cm³/mol. The van der Waals surface area contributed by atoms with Crippen molar-refractivity contribution in [3.63, 3.8) is 0 Å². The van der Waals surface area contributed by atoms with E-state index in [-0.39, 0.29) is 12.5 Å². The van der Waals surface area contributed by atoms with Crippen LogP contribution in [0.5, 0.6) is 0 Å². The van der Waals surface area contributed by atoms with Gasteiger partial charge in [0.05, 0.1) is 0 Å². The molecule has 2 bridgehead atoms. The van der Waals surface area contributed by atoms with Gasteiger partial charge in [-0.1, -0.05) is 48.5 Å². The van der Waals surface area contributed by atoms with E-state index < -0.39 is 40.8 Å². The Labute approximate surface area is 204 Å². The monoisotopic (exact) mass is 478 g/mol. The molecule has 0 saturated heterocycles. The standard InChI is InChI=1S/C27H30N2O6/c1-25(2,3)35-24(33)29-27-13-26(14-27,15-27)21(22(30)31)28-23(32)34-12-20-18-10-6-4-8-16(18)17-9-5-7-11-19(17)20/h4-11,20-21H,12-15H2,1-3H3,(H,28,32)(H,29,33)(H,30,31). The van der Waals surface area contributed by atoms with Crippen LogP contribution in [0, 0.1) is 5.41 Å². The van der Waals surface area contributed by atoms with E-state index in [1.807, 2.05) is 36.4 Å². The number of rotatable bonds is 6. The van der Waals surface area contributed by atoms with Gasteiger partial charge in [0.2, 0.25) is 0 Å². The summed E-state index contributed by atoms with van der Waals surface area (Å²) in [5, 5.41) is 15.3. The molecule has 8 nitrogen and oxygen atoms in total. The lowest BCUT2D eigenvalue weighted by molar-refractivity contribution is -0.187. The smallest absolute Gasteiger partial charge is 0.408 e. The number of alkyl carbamates (subject to hydrolysis) is 2. The van der Waals surface area contributed by atoms with E-state index in [9.17, 15) is 19.5 Å². The largest absolute Gasteiger partial charge is 0.480 e. The van der Waals surface area contributed by atoms with Gasteiger partial charge in [0, 0.05) is 16.9 Å². The molecular formula is C27H30N2O6. The third-order valence-electron chi connectivity index (χ3n) is 7.30. The van der Waals surface area contributed by atoms with E-state index in [1.165, 1.54) is 0 Å². The molecule has 2 amide bonds. The maximum atomic E-state index is 12.7. The minimum Gasteiger partial charge on any atom is -0.480 e. The molecule has 3 saturated carbocycles. The van der Waals surface area contributed by atoms with Gasteiger partial charge in [0.15, 0.2) is 0 Å². The summed E-state index contributed by atoms with van der Waals surface area (Å²) in [7, 11) is 0. The second-order valence-corrected chi connectivity index (χ2v) is 11.0. The van der Waals surface area contributed by atoms with E-state index in [1.54, 1.807) is 20.8 Å². The molecule has 1 atom stereocenters. The first kappa shape index (κ1) is 23.2. The summed E-state index contributed by atoms with van der Waals surface area (Å²) in [6, 6.07) is 15.0. The Hall–Kier alpha value is -3.55. The second-order valence-electron chi connectivity index (χ2n) is 11.0. The summed E-state index contributed by atoms with van der Waals surface area (Å²) >= 11 is 0. The Morgan fingerprint density at radius 3 is 2.03 bits per heavy atom. The van der Waals surface area contributed by atoms with Gasteiger partial charge in [-0.15, -0.1) is 0 Å². The van der Waals surface area contributed by atoms with Crippen LogP contribution in [0.4, 0.5) is 9.59 Å². The van der Waals surface area contributed by atoms with Crippen LogP contribution >= 0.6 is 0 Å². The van der Waals surface area contributed by atoms with Crippen LogP contribution in [0.15, 0.2) is 48.5 Å². The highest BCUT2D eigenvalue weighted by molar-refractivity contribution is 5.83. The number of aliphatic carboxylic acids is 1. The van der Waals surface area contributed by atoms with Crippen LogP contribution in [0.2, 0.25) is 0 Å². The van der Waals surface area contributed by atoms with Gasteiger partial charge in [0.1, 0.15) is 18.2 Å². The van der Waals surface area contributed by atoms with Crippen LogP contribution in [0.25, 0.3) is 11.1 Å². The van der Waals surface area contributed by atoms with Crippen molar-refractivity contribution in [2.75, 3.05) is 6.61 Å². The van der Waals surface area contributed by atoms with Gasteiger partial charge in [-0.05, 0) is 62.3 Å². The van der Waals surface area contributed by atoms with Gasteiger partial charge in [-0.2, -0.15) is 0 Å². The summed E-state index contributed by atoms with van der Waals surface area (Å²) < 4.78 is 10.9. The molecule has 3 fully saturated rings. The summed E-state index contributed by atoms with van der Waals surface area (Å²) in [6.07, 6.45) is 0.153. The first-order chi connectivity index (χ1) is 16.5. The fourth-order valence-electron chi connectivity index (χ4n) is 6.06. The lowest BCUT2D eigenvalue weighted by Crippen LogP contribution is -2.80. The van der Waals surface area contributed by atoms with Crippen molar-refractivity contribution >= 4 is 18.2 Å². The van der Waals surface area contributed by atoms with E-state index in [0.29, 0.717) is 19.3 Å². The second kappa shape index (κ2) is 8.00. The van der Waals surface area contributed by atoms with E-state index in [4.69, 9.17) is 9.47 Å². The van der Waals surface area contributed by atoms with Crippen LogP contribution in [-0.2, 0) is 14.3 Å². The van der Waals surface area contributed by atoms with Gasteiger partial charge >= 0.3 is 18.2 Å². The summed E-state index contributed by atoms with van der Waals surface area (Å²) in [5.74, 6) is -1.21. The molecule has 0 heterocycles. The molecule has 0 aromatic heterocycles. The Morgan fingerprint density at radius 1 is 0.971 bits per heavy atom. The van der Waals surface area contributed by atoms with Crippen molar-refractivity contribution in [3.05, 3.63) is 59.7 Å². The summed E-state index contributed by atoms with van der Waals surface area (Å²) in [5.41, 5.74) is 2.76. The van der Waals surface area contributed by atoms with Gasteiger partial charge in [-0.25, -0.2) is 14.4 Å². The number of hydrogen-bond acceptors (Lipinski definition) is 5. The number of nitrogens with one attached hydrogen (secondary N) is 2. The number of fused-ring (bicyclic) bond motifs is 3. The highest BCUT2D eigenvalue weighted by Crippen LogP contribution is 2.69. The highest BCUT2D eigenvalue weighted by atomic mass is 16.6. The number of carbonyl (C=O) groups is 3. The number of ether oxygens (including phenoxy) is 2. The van der Waals surface area contributed by atoms with Crippen LogP contribution in [0.1, 0.15) is 57.1 Å². The zero-order chi connectivity index (χ0) is 25.0. The number of carboxylic acids is 1. The van der Waals surface area contributed by atoms with E-state index in [0.717, 1.165) is 22.3 Å². The van der Waals surface area contributed by atoms with Crippen molar-refractivity contribution in [2.24, 2.45) is 5.41 Å². The Balaban J connectivity index is 1.19. The molecule has 184 valence electrons. The first-order valence-electron chi connectivity index (χ1n) is 11.9. The normalized spacial score (nSPS) is 24.7. The fourth-order valence-corrected chi connectivity index (χ4v) is 6.06. The number of amides is 2. The average Bonchev–Trinajstić information content (AvgIpc) is 3.05. The topological polar surface area (TPSA) is 114 Å². The lowest BCUT2D eigenvalue weighted by Gasteiger charge is -2.71. The minimum atomic E-state index is -1.11. The third kappa shape index (κ3) is 4.11. The van der Waals surface area contributed by atoms with Gasteiger partial charge in [0.25, 0.3) is 0 Å². The summed E-state index contributed by atoms with van der Waals surface area (Å²) in [4.78, 5) is 36.8. The molecule has 3 N–H and O–H groups in total. The van der Waals surface area contributed by atoms with Crippen molar-refractivity contribution in [1.82, 2.24) is 10.6 Å². The molecule has 0 spiro atoms. The highest BCUT2D eigenvalue weighted by Gasteiger charge is 2.73. The molecule has 4 aliphatic carbocycles. The van der Waals surface area contributed by atoms with Gasteiger partial charge in [-0.3, -0.25) is 0 Å². The maximum absolute atomic E-state index is 12.7. The maximum Gasteiger partial charge on any atom is 0.408 e. The van der Waals surface area contributed by atoms with Gasteiger partial charge < -0.3 is 25.2 Å². The van der Waals surface area contributed by atoms with Crippen LogP contribution in [-0.4, -0.2) is 47.1 Å². The number of carbonyl (C=O) groups excluding carboxylic acids is 2. The molecule has 2 aromatic carbocycles. The molecule has 0 aliphatic heterocycles. The zero-order valence-electron chi connectivity index (χ0n) is 20.1. The average molecular weight is 479 g/mol. The molecular weight excluding hydrogens is 448 g/mol. The number of benzene rings is 2. The van der Waals surface area contributed by atoms with Crippen LogP contribution in [0.3, 0.4) is 0 Å². The third-order valence-corrected chi connectivity index (χ3v) is 7.30. The number of carboxylic acid groups (broad SMARTS) is 1. The van der Waals surface area contributed by atoms with E-state index >= 15 is 0 Å². The zero-order valence-corrected chi connectivity index (χ0v) is 20.1. The van der Waals surface area contributed by atoms with E-state index in [2.05, 4.69) is 22.8 Å². The SMILES string of the molecule is CC(C)(C)OC(=O)NC12CC(C(NC(=O)OCC3c4ccccc4-c4ccccc43)C(=O)O)(C1)C2. The predicted octanol–water partition coefficient (Wildman–Crippen LogP) is 4.43. The molecule has 0 radical (unpaired) electrons. The molecule has 1 unspecified atom stereocenters. The molecule has 35 heavy (non-hydrogen) atoms. The number of hydrogen-bond donors (Lipinski definition) is 3. The van der Waals surface area contributed by atoms with Crippen molar-refractivity contribution in [3.8, 4) is 11.1 Å². The lowest BCUT2D eigenvalue weighted by atomic mass is 9.37. The first-order valence-corrected chi connectivity index (χ1v) is 11.9.